The lowest BCUT2D eigenvalue weighted by atomic mass is 10.2. The highest BCUT2D eigenvalue weighted by atomic mass is 35.5. The number of aromatic nitrogens is 2. The molecule has 0 amide bonds. The standard InChI is InChI=1S/C17H14Cl2N2O3S/c1-22-10-6-7-11(14(8-10)23-2)17-20-15(24-21-17)9-25-16-12(18)4-3-5-13(16)19/h3-8H,9H2,1-2H3. The minimum Gasteiger partial charge on any atom is -0.497 e. The molecule has 130 valence electrons. The molecular formula is C17H14Cl2N2O3S. The van der Waals surface area contributed by atoms with Crippen LogP contribution in [0.4, 0.5) is 0 Å². The van der Waals surface area contributed by atoms with E-state index in [9.17, 15) is 0 Å². The maximum Gasteiger partial charge on any atom is 0.237 e. The molecule has 0 saturated heterocycles. The van der Waals surface area contributed by atoms with Crippen molar-refractivity contribution in [1.82, 2.24) is 10.1 Å². The molecule has 0 spiro atoms. The molecule has 5 nitrogen and oxygen atoms in total. The van der Waals surface area contributed by atoms with Crippen LogP contribution in [0.1, 0.15) is 5.89 Å². The largest absolute Gasteiger partial charge is 0.497 e. The Bertz CT molecular complexity index is 866. The van der Waals surface area contributed by atoms with Gasteiger partial charge in [0.1, 0.15) is 11.5 Å². The maximum absolute atomic E-state index is 6.16. The van der Waals surface area contributed by atoms with Gasteiger partial charge in [-0.15, -0.1) is 11.8 Å². The third-order valence-corrected chi connectivity index (χ3v) is 5.35. The number of thioether (sulfide) groups is 1. The van der Waals surface area contributed by atoms with E-state index in [2.05, 4.69) is 10.1 Å². The molecule has 25 heavy (non-hydrogen) atoms. The van der Waals surface area contributed by atoms with Crippen LogP contribution in [0, 0.1) is 0 Å². The van der Waals surface area contributed by atoms with Crippen molar-refractivity contribution >= 4 is 35.0 Å². The van der Waals surface area contributed by atoms with E-state index in [4.69, 9.17) is 37.2 Å². The van der Waals surface area contributed by atoms with Gasteiger partial charge in [0, 0.05) is 11.0 Å². The number of hydrogen-bond acceptors (Lipinski definition) is 6. The highest BCUT2D eigenvalue weighted by Gasteiger charge is 2.15. The van der Waals surface area contributed by atoms with Gasteiger partial charge < -0.3 is 14.0 Å². The molecule has 0 fully saturated rings. The molecule has 8 heteroatoms. The smallest absolute Gasteiger partial charge is 0.237 e. The predicted octanol–water partition coefficient (Wildman–Crippen LogP) is 5.35. The Kier molecular flexibility index (Phi) is 5.73. The second-order valence-electron chi connectivity index (χ2n) is 4.92. The molecule has 0 bridgehead atoms. The summed E-state index contributed by atoms with van der Waals surface area (Å²) in [5, 5.41) is 5.20. The van der Waals surface area contributed by atoms with E-state index in [1.165, 1.54) is 11.8 Å². The highest BCUT2D eigenvalue weighted by molar-refractivity contribution is 7.98. The summed E-state index contributed by atoms with van der Waals surface area (Å²) < 4.78 is 15.9. The van der Waals surface area contributed by atoms with Crippen LogP contribution in [0.3, 0.4) is 0 Å². The van der Waals surface area contributed by atoms with Crippen molar-refractivity contribution in [2.24, 2.45) is 0 Å². The first-order valence-corrected chi connectivity index (χ1v) is 8.98. The second-order valence-corrected chi connectivity index (χ2v) is 6.72. The van der Waals surface area contributed by atoms with Crippen LogP contribution in [-0.2, 0) is 5.75 Å². The summed E-state index contributed by atoms with van der Waals surface area (Å²) in [6.07, 6.45) is 0. The molecule has 0 saturated carbocycles. The Morgan fingerprint density at radius 1 is 1.08 bits per heavy atom. The number of benzene rings is 2. The first-order valence-electron chi connectivity index (χ1n) is 7.24. The number of halogens is 2. The van der Waals surface area contributed by atoms with Crippen molar-refractivity contribution < 1.29 is 14.0 Å². The van der Waals surface area contributed by atoms with Gasteiger partial charge >= 0.3 is 0 Å². The van der Waals surface area contributed by atoms with Gasteiger partial charge in [-0.25, -0.2) is 0 Å². The molecule has 0 unspecified atom stereocenters. The van der Waals surface area contributed by atoms with Gasteiger partial charge in [0.15, 0.2) is 0 Å². The summed E-state index contributed by atoms with van der Waals surface area (Å²) in [5.74, 6) is 2.66. The monoisotopic (exact) mass is 396 g/mol. The fourth-order valence-corrected chi connectivity index (χ4v) is 3.68. The van der Waals surface area contributed by atoms with Crippen molar-refractivity contribution in [2.45, 2.75) is 10.6 Å². The van der Waals surface area contributed by atoms with E-state index in [1.807, 2.05) is 12.1 Å². The van der Waals surface area contributed by atoms with Crippen molar-refractivity contribution in [3.8, 4) is 22.9 Å². The first-order chi connectivity index (χ1) is 12.1. The topological polar surface area (TPSA) is 57.4 Å². The van der Waals surface area contributed by atoms with Gasteiger partial charge in [0.05, 0.1) is 35.6 Å². The van der Waals surface area contributed by atoms with Crippen molar-refractivity contribution in [3.63, 3.8) is 0 Å². The summed E-state index contributed by atoms with van der Waals surface area (Å²) in [7, 11) is 3.17. The molecule has 0 atom stereocenters. The van der Waals surface area contributed by atoms with E-state index >= 15 is 0 Å². The third kappa shape index (κ3) is 4.03. The normalized spacial score (nSPS) is 10.7. The van der Waals surface area contributed by atoms with E-state index < -0.39 is 0 Å². The molecule has 3 rings (SSSR count). The second kappa shape index (κ2) is 7.99. The van der Waals surface area contributed by atoms with Crippen LogP contribution < -0.4 is 9.47 Å². The van der Waals surface area contributed by atoms with E-state index in [-0.39, 0.29) is 0 Å². The first kappa shape index (κ1) is 17.9. The van der Waals surface area contributed by atoms with Gasteiger partial charge in [-0.05, 0) is 24.3 Å². The quantitative estimate of drug-likeness (QED) is 0.523. The van der Waals surface area contributed by atoms with Gasteiger partial charge in [-0.2, -0.15) is 4.98 Å². The average molecular weight is 397 g/mol. The molecule has 1 heterocycles. The number of ether oxygens (including phenoxy) is 2. The lowest BCUT2D eigenvalue weighted by molar-refractivity contribution is 0.388. The Balaban J connectivity index is 1.79. The zero-order valence-corrected chi connectivity index (χ0v) is 15.8. The van der Waals surface area contributed by atoms with E-state index in [1.54, 1.807) is 38.5 Å². The summed E-state index contributed by atoms with van der Waals surface area (Å²) in [6, 6.07) is 10.8. The zero-order valence-electron chi connectivity index (χ0n) is 13.5. The zero-order chi connectivity index (χ0) is 17.8. The van der Waals surface area contributed by atoms with Crippen LogP contribution >= 0.6 is 35.0 Å². The van der Waals surface area contributed by atoms with Crippen LogP contribution in [0.25, 0.3) is 11.4 Å². The Morgan fingerprint density at radius 2 is 1.84 bits per heavy atom. The van der Waals surface area contributed by atoms with Crippen LogP contribution in [0.5, 0.6) is 11.5 Å². The number of nitrogens with zero attached hydrogens (tertiary/aromatic N) is 2. The van der Waals surface area contributed by atoms with Gasteiger partial charge in [0.25, 0.3) is 0 Å². The van der Waals surface area contributed by atoms with Gasteiger partial charge in [0.2, 0.25) is 11.7 Å². The van der Waals surface area contributed by atoms with Crippen LogP contribution in [0.15, 0.2) is 45.8 Å². The lowest BCUT2D eigenvalue weighted by Crippen LogP contribution is -1.91. The molecular weight excluding hydrogens is 383 g/mol. The summed E-state index contributed by atoms with van der Waals surface area (Å²) in [6.45, 7) is 0. The number of hydrogen-bond donors (Lipinski definition) is 0. The van der Waals surface area contributed by atoms with Crippen molar-refractivity contribution in [1.29, 1.82) is 0 Å². The fraction of sp³-hybridized carbons (Fsp3) is 0.176. The maximum atomic E-state index is 6.16. The lowest BCUT2D eigenvalue weighted by Gasteiger charge is -2.07. The SMILES string of the molecule is COc1ccc(-c2noc(CSc3c(Cl)cccc3Cl)n2)c(OC)c1. The molecule has 1 aromatic heterocycles. The van der Waals surface area contributed by atoms with E-state index in [0.717, 1.165) is 10.5 Å². The van der Waals surface area contributed by atoms with Gasteiger partial charge in [-0.3, -0.25) is 0 Å². The predicted molar refractivity (Wildman–Crippen MR) is 98.9 cm³/mol. The fourth-order valence-electron chi connectivity index (χ4n) is 2.16. The summed E-state index contributed by atoms with van der Waals surface area (Å²) in [5.41, 5.74) is 0.721. The Labute approximate surface area is 159 Å². The minimum absolute atomic E-state index is 0.445. The number of methoxy groups -OCH3 is 2. The van der Waals surface area contributed by atoms with Crippen LogP contribution in [0.2, 0.25) is 10.0 Å². The van der Waals surface area contributed by atoms with Gasteiger partial charge in [-0.1, -0.05) is 34.4 Å². The van der Waals surface area contributed by atoms with Crippen LogP contribution in [-0.4, -0.2) is 24.4 Å². The molecule has 0 aliphatic heterocycles. The summed E-state index contributed by atoms with van der Waals surface area (Å²) >= 11 is 13.8. The number of rotatable bonds is 6. The van der Waals surface area contributed by atoms with E-state index in [0.29, 0.717) is 39.0 Å². The van der Waals surface area contributed by atoms with Crippen molar-refractivity contribution in [3.05, 3.63) is 52.3 Å². The molecule has 0 aliphatic rings. The average Bonchev–Trinajstić information content (AvgIpc) is 3.09. The Hall–Kier alpha value is -1.89. The molecule has 2 aromatic carbocycles. The highest BCUT2D eigenvalue weighted by Crippen LogP contribution is 2.36. The Morgan fingerprint density at radius 3 is 2.52 bits per heavy atom. The molecule has 0 N–H and O–H groups in total. The summed E-state index contributed by atoms with van der Waals surface area (Å²) in [4.78, 5) is 5.20. The third-order valence-electron chi connectivity index (χ3n) is 3.38. The van der Waals surface area contributed by atoms with Crippen molar-refractivity contribution in [2.75, 3.05) is 14.2 Å². The minimum atomic E-state index is 0.445. The molecule has 0 radical (unpaired) electrons. The molecule has 3 aromatic rings. The molecule has 0 aliphatic carbocycles.